The summed E-state index contributed by atoms with van der Waals surface area (Å²) in [5, 5.41) is 29.3. The maximum Gasteiger partial charge on any atom is 0.305 e. The number of amides is 2. The standard InChI is InChI=1S/C20H35N11O6/c21-17(36)19(13-15(32)33,3-1-5-26-28-23)30-9-7-25-8-10-31(12-11-30)20(18(22)37,14-16(34)35)4-2-6-27-29-24/h25H,1-14H2,(H2,21,36)(H2,22,37)(H,32,33)(H,34,35). The third-order valence-corrected chi connectivity index (χ3v) is 6.60. The van der Waals surface area contributed by atoms with Crippen LogP contribution < -0.4 is 16.8 Å². The predicted octanol–water partition coefficient (Wildman–Crippen LogP) is -0.228. The van der Waals surface area contributed by atoms with Crippen LogP contribution in [0.3, 0.4) is 0 Å². The smallest absolute Gasteiger partial charge is 0.305 e. The predicted molar refractivity (Wildman–Crippen MR) is 131 cm³/mol. The number of carbonyl (C=O) groups is 4. The molecule has 0 radical (unpaired) electrons. The van der Waals surface area contributed by atoms with Gasteiger partial charge >= 0.3 is 11.9 Å². The lowest BCUT2D eigenvalue weighted by atomic mass is 9.85. The molecule has 1 aliphatic rings. The summed E-state index contributed by atoms with van der Waals surface area (Å²) in [7, 11) is 0. The molecule has 0 spiro atoms. The number of hydrogen-bond acceptors (Lipinski definition) is 9. The average molecular weight is 526 g/mol. The Labute approximate surface area is 213 Å². The largest absolute Gasteiger partial charge is 0.481 e. The van der Waals surface area contributed by atoms with Gasteiger partial charge in [-0.05, 0) is 36.7 Å². The molecule has 0 bridgehead atoms. The van der Waals surface area contributed by atoms with Crippen molar-refractivity contribution in [2.45, 2.75) is 49.6 Å². The Bertz CT molecular complexity index is 848. The number of nitrogens with two attached hydrogens (primary N) is 2. The van der Waals surface area contributed by atoms with Crippen LogP contribution >= 0.6 is 0 Å². The Morgan fingerprint density at radius 1 is 0.784 bits per heavy atom. The summed E-state index contributed by atoms with van der Waals surface area (Å²) in [4.78, 5) is 57.6. The zero-order valence-electron chi connectivity index (χ0n) is 20.7. The van der Waals surface area contributed by atoms with Gasteiger partial charge in [0.15, 0.2) is 0 Å². The monoisotopic (exact) mass is 525 g/mol. The van der Waals surface area contributed by atoms with Crippen molar-refractivity contribution in [3.63, 3.8) is 0 Å². The first-order chi connectivity index (χ1) is 17.6. The Morgan fingerprint density at radius 3 is 1.46 bits per heavy atom. The van der Waals surface area contributed by atoms with Gasteiger partial charge in [0.05, 0.1) is 12.8 Å². The second-order valence-corrected chi connectivity index (χ2v) is 8.77. The lowest BCUT2D eigenvalue weighted by molar-refractivity contribution is -0.148. The number of aliphatic carboxylic acids is 2. The second kappa shape index (κ2) is 15.5. The molecule has 17 heteroatoms. The first-order valence-electron chi connectivity index (χ1n) is 11.8. The fraction of sp³-hybridized carbons (Fsp3) is 0.800. The number of nitrogens with one attached hydrogen (secondary N) is 1. The van der Waals surface area contributed by atoms with Gasteiger partial charge in [-0.2, -0.15) is 0 Å². The van der Waals surface area contributed by atoms with Gasteiger partial charge in [0.1, 0.15) is 11.1 Å². The van der Waals surface area contributed by atoms with Crippen LogP contribution in [0, 0.1) is 0 Å². The fourth-order valence-corrected chi connectivity index (χ4v) is 4.80. The summed E-state index contributed by atoms with van der Waals surface area (Å²) < 4.78 is 0. The molecule has 1 heterocycles. The molecular formula is C20H35N11O6. The number of primary amides is 2. The van der Waals surface area contributed by atoms with Crippen LogP contribution in [0.15, 0.2) is 10.2 Å². The summed E-state index contributed by atoms with van der Waals surface area (Å²) in [5.74, 6) is -4.21. The first kappa shape index (κ1) is 31.4. The van der Waals surface area contributed by atoms with E-state index < -0.39 is 47.7 Å². The number of carboxylic acids is 2. The lowest BCUT2D eigenvalue weighted by Gasteiger charge is -2.44. The van der Waals surface area contributed by atoms with Crippen molar-refractivity contribution in [2.24, 2.45) is 21.7 Å². The molecule has 2 amide bonds. The Hall–Kier alpha value is -3.62. The third kappa shape index (κ3) is 9.08. The van der Waals surface area contributed by atoms with Crippen LogP contribution in [0.25, 0.3) is 20.9 Å². The molecule has 37 heavy (non-hydrogen) atoms. The molecule has 0 saturated carbocycles. The second-order valence-electron chi connectivity index (χ2n) is 8.77. The van der Waals surface area contributed by atoms with Crippen LogP contribution in [0.2, 0.25) is 0 Å². The molecule has 206 valence electrons. The molecule has 7 N–H and O–H groups in total. The summed E-state index contributed by atoms with van der Waals surface area (Å²) >= 11 is 0. The van der Waals surface area contributed by atoms with Gasteiger partial charge < -0.3 is 27.0 Å². The van der Waals surface area contributed by atoms with Gasteiger partial charge in [0.2, 0.25) is 11.8 Å². The topological polar surface area (TPSA) is 277 Å². The van der Waals surface area contributed by atoms with Crippen LogP contribution in [0.4, 0.5) is 0 Å². The number of azide groups is 2. The molecule has 2 unspecified atom stereocenters. The van der Waals surface area contributed by atoms with Crippen molar-refractivity contribution in [3.8, 4) is 0 Å². The molecule has 1 saturated heterocycles. The van der Waals surface area contributed by atoms with E-state index in [1.165, 1.54) is 0 Å². The van der Waals surface area contributed by atoms with Crippen LogP contribution in [0.1, 0.15) is 38.5 Å². The van der Waals surface area contributed by atoms with Gasteiger partial charge in [-0.15, -0.1) is 0 Å². The molecule has 0 aromatic carbocycles. The number of carbonyl (C=O) groups excluding carboxylic acids is 2. The van der Waals surface area contributed by atoms with E-state index in [0.717, 1.165) is 0 Å². The number of nitrogens with zero attached hydrogens (tertiary/aromatic N) is 8. The quantitative estimate of drug-likeness (QED) is 0.0768. The highest BCUT2D eigenvalue weighted by Crippen LogP contribution is 2.30. The zero-order chi connectivity index (χ0) is 27.9. The third-order valence-electron chi connectivity index (χ3n) is 6.60. The van der Waals surface area contributed by atoms with E-state index in [2.05, 4.69) is 25.4 Å². The lowest BCUT2D eigenvalue weighted by Crippen LogP contribution is -2.63. The van der Waals surface area contributed by atoms with E-state index in [0.29, 0.717) is 13.1 Å². The van der Waals surface area contributed by atoms with E-state index in [9.17, 15) is 29.4 Å². The molecule has 17 nitrogen and oxygen atoms in total. The van der Waals surface area contributed by atoms with Gasteiger partial charge in [-0.1, -0.05) is 10.2 Å². The van der Waals surface area contributed by atoms with Gasteiger partial charge in [0, 0.05) is 62.2 Å². The zero-order valence-corrected chi connectivity index (χ0v) is 20.7. The van der Waals surface area contributed by atoms with E-state index in [1.54, 1.807) is 9.80 Å². The average Bonchev–Trinajstić information content (AvgIpc) is 2.95. The number of carboxylic acid groups (broad SMARTS) is 2. The summed E-state index contributed by atoms with van der Waals surface area (Å²) in [6, 6.07) is 0. The normalized spacial score (nSPS) is 18.4. The summed E-state index contributed by atoms with van der Waals surface area (Å²) in [6.45, 7) is 1.43. The highest BCUT2D eigenvalue weighted by molar-refractivity contribution is 5.90. The molecule has 1 aliphatic heterocycles. The van der Waals surface area contributed by atoms with Crippen molar-refractivity contribution in [2.75, 3.05) is 52.4 Å². The number of hydrogen-bond donors (Lipinski definition) is 5. The SMILES string of the molecule is [N-]=[N+]=NCCCC(CC(=O)O)(C(N)=O)N1CCNCCN(C(CCCN=[N+]=[N-])(CC(=O)O)C(N)=O)CC1. The highest BCUT2D eigenvalue weighted by Gasteiger charge is 2.47. The van der Waals surface area contributed by atoms with Crippen molar-refractivity contribution >= 4 is 23.8 Å². The minimum atomic E-state index is -1.61. The maximum atomic E-state index is 12.7. The molecule has 0 aromatic heterocycles. The molecule has 1 rings (SSSR count). The Kier molecular flexibility index (Phi) is 13.1. The van der Waals surface area contributed by atoms with Crippen molar-refractivity contribution in [1.29, 1.82) is 0 Å². The minimum absolute atomic E-state index is 0.00983. The molecular weight excluding hydrogens is 490 g/mol. The van der Waals surface area contributed by atoms with Gasteiger partial charge in [-0.25, -0.2) is 0 Å². The van der Waals surface area contributed by atoms with E-state index in [4.69, 9.17) is 22.5 Å². The summed E-state index contributed by atoms with van der Waals surface area (Å²) in [6.07, 6.45) is -0.761. The molecule has 0 aromatic rings. The maximum absolute atomic E-state index is 12.7. The van der Waals surface area contributed by atoms with E-state index >= 15 is 0 Å². The Morgan fingerprint density at radius 2 is 1.16 bits per heavy atom. The number of rotatable bonds is 16. The molecule has 0 aliphatic carbocycles. The van der Waals surface area contributed by atoms with Gasteiger partial charge in [0.25, 0.3) is 0 Å². The van der Waals surface area contributed by atoms with Crippen LogP contribution in [-0.4, -0.2) is 107 Å². The van der Waals surface area contributed by atoms with E-state index in [-0.39, 0.29) is 65.0 Å². The van der Waals surface area contributed by atoms with Crippen molar-refractivity contribution in [1.82, 2.24) is 15.1 Å². The van der Waals surface area contributed by atoms with E-state index in [1.807, 2.05) is 0 Å². The van der Waals surface area contributed by atoms with Crippen LogP contribution in [-0.2, 0) is 19.2 Å². The van der Waals surface area contributed by atoms with Gasteiger partial charge in [-0.3, -0.25) is 29.0 Å². The van der Waals surface area contributed by atoms with Crippen LogP contribution in [0.5, 0.6) is 0 Å². The molecule has 1 fully saturated rings. The molecule has 2 atom stereocenters. The first-order valence-corrected chi connectivity index (χ1v) is 11.8. The Balaban J connectivity index is 3.40. The highest BCUT2D eigenvalue weighted by atomic mass is 16.4. The van der Waals surface area contributed by atoms with Crippen molar-refractivity contribution < 1.29 is 29.4 Å². The fourth-order valence-electron chi connectivity index (χ4n) is 4.80. The van der Waals surface area contributed by atoms with Crippen molar-refractivity contribution in [3.05, 3.63) is 20.9 Å². The summed E-state index contributed by atoms with van der Waals surface area (Å²) in [5.41, 5.74) is 25.4. The minimum Gasteiger partial charge on any atom is -0.481 e.